The molecule has 0 N–H and O–H groups in total. The number of benzene rings is 1. The lowest BCUT2D eigenvalue weighted by Gasteiger charge is -2.44. The van der Waals surface area contributed by atoms with E-state index in [2.05, 4.69) is 4.98 Å². The maximum atomic E-state index is 13.6. The van der Waals surface area contributed by atoms with Gasteiger partial charge in [-0.05, 0) is 58.7 Å². The molecule has 2 heterocycles. The lowest BCUT2D eigenvalue weighted by atomic mass is 9.83. The summed E-state index contributed by atoms with van der Waals surface area (Å²) in [7, 11) is 1.69. The van der Waals surface area contributed by atoms with Crippen LogP contribution >= 0.6 is 0 Å². The van der Waals surface area contributed by atoms with Gasteiger partial charge in [-0.25, -0.2) is 9.78 Å². The average Bonchev–Trinajstić information content (AvgIpc) is 2.85. The van der Waals surface area contributed by atoms with Gasteiger partial charge >= 0.3 is 12.3 Å². The van der Waals surface area contributed by atoms with Crippen molar-refractivity contribution in [2.24, 2.45) is 5.41 Å². The molecule has 1 saturated heterocycles. The van der Waals surface area contributed by atoms with E-state index in [0.717, 1.165) is 11.6 Å². The molecule has 0 saturated carbocycles. The van der Waals surface area contributed by atoms with E-state index in [1.54, 1.807) is 30.7 Å². The normalized spacial score (nSPS) is 18.6. The van der Waals surface area contributed by atoms with Crippen LogP contribution in [0.5, 0.6) is 5.88 Å². The predicted molar refractivity (Wildman–Crippen MR) is 137 cm³/mol. The van der Waals surface area contributed by atoms with Gasteiger partial charge in [0.05, 0.1) is 5.41 Å². The summed E-state index contributed by atoms with van der Waals surface area (Å²) >= 11 is 0. The first kappa shape index (κ1) is 29.3. The summed E-state index contributed by atoms with van der Waals surface area (Å²) in [6, 6.07) is 11.5. The molecule has 38 heavy (non-hydrogen) atoms. The molecule has 2 aromatic rings. The van der Waals surface area contributed by atoms with Crippen molar-refractivity contribution < 1.29 is 32.2 Å². The summed E-state index contributed by atoms with van der Waals surface area (Å²) in [6.45, 7) is 9.18. The van der Waals surface area contributed by atoms with Gasteiger partial charge in [0.25, 0.3) is 0 Å². The predicted octanol–water partition coefficient (Wildman–Crippen LogP) is 5.76. The largest absolute Gasteiger partial charge is 0.476 e. The molecular weight excluding hydrogens is 499 g/mol. The second-order valence-corrected chi connectivity index (χ2v) is 11.2. The fourth-order valence-electron chi connectivity index (χ4n) is 4.58. The number of hydrogen-bond acceptors (Lipinski definition) is 5. The monoisotopic (exact) mass is 535 g/mol. The van der Waals surface area contributed by atoms with E-state index in [1.807, 2.05) is 51.1 Å². The molecular formula is C28H36F3N3O4. The van der Waals surface area contributed by atoms with Crippen LogP contribution in [0.25, 0.3) is 0 Å². The van der Waals surface area contributed by atoms with Crippen LogP contribution in [-0.2, 0) is 15.7 Å². The van der Waals surface area contributed by atoms with E-state index in [0.29, 0.717) is 19.5 Å². The van der Waals surface area contributed by atoms with Crippen molar-refractivity contribution in [2.75, 3.05) is 26.7 Å². The minimum atomic E-state index is -4.63. The zero-order valence-electron chi connectivity index (χ0n) is 22.7. The third-order valence-corrected chi connectivity index (χ3v) is 6.50. The first-order valence-corrected chi connectivity index (χ1v) is 12.6. The third kappa shape index (κ3) is 7.17. The maximum Gasteiger partial charge on any atom is 0.421 e. The number of amides is 2. The molecule has 1 fully saturated rings. The highest BCUT2D eigenvalue weighted by molar-refractivity contribution is 5.82. The van der Waals surface area contributed by atoms with Crippen molar-refractivity contribution in [1.82, 2.24) is 14.8 Å². The molecule has 1 aliphatic rings. The Labute approximate surface area is 221 Å². The minimum Gasteiger partial charge on any atom is -0.476 e. The van der Waals surface area contributed by atoms with Gasteiger partial charge < -0.3 is 19.3 Å². The van der Waals surface area contributed by atoms with Crippen molar-refractivity contribution in [1.29, 1.82) is 0 Å². The first-order chi connectivity index (χ1) is 17.6. The molecule has 2 atom stereocenters. The van der Waals surface area contributed by atoms with Crippen molar-refractivity contribution >= 4 is 12.0 Å². The summed E-state index contributed by atoms with van der Waals surface area (Å²) in [6.07, 6.45) is -3.31. The molecule has 208 valence electrons. The Morgan fingerprint density at radius 3 is 2.32 bits per heavy atom. The zero-order chi connectivity index (χ0) is 28.3. The van der Waals surface area contributed by atoms with Crippen molar-refractivity contribution in [3.8, 4) is 5.88 Å². The Kier molecular flexibility index (Phi) is 8.63. The van der Waals surface area contributed by atoms with Crippen LogP contribution in [-0.4, -0.2) is 65.2 Å². The standard InChI is InChI=1S/C28H36F3N3O4/c1-26(2,3)38-25(36)34-16-14-22(20(17-34)19-11-8-7-9-12-19)33(6)24(35)27(4,5)18-37-23-21(28(29,30)31)13-10-15-32-23/h7-13,15,20,22H,14,16-18H2,1-6H3. The average molecular weight is 536 g/mol. The molecule has 0 radical (unpaired) electrons. The van der Waals surface area contributed by atoms with Gasteiger partial charge in [0.1, 0.15) is 17.8 Å². The molecule has 0 spiro atoms. The summed E-state index contributed by atoms with van der Waals surface area (Å²) < 4.78 is 51.1. The summed E-state index contributed by atoms with van der Waals surface area (Å²) in [5, 5.41) is 0. The second-order valence-electron chi connectivity index (χ2n) is 11.2. The number of likely N-dealkylation sites (tertiary alicyclic amines) is 1. The van der Waals surface area contributed by atoms with Crippen molar-refractivity contribution in [2.45, 2.75) is 64.8 Å². The fraction of sp³-hybridized carbons (Fsp3) is 0.536. The summed E-state index contributed by atoms with van der Waals surface area (Å²) in [5.74, 6) is -1.02. The quantitative estimate of drug-likeness (QED) is 0.471. The molecule has 1 aromatic carbocycles. The Bertz CT molecular complexity index is 1120. The number of halogens is 3. The Morgan fingerprint density at radius 1 is 1.05 bits per heavy atom. The van der Waals surface area contributed by atoms with Crippen LogP contribution in [0.4, 0.5) is 18.0 Å². The number of carbonyl (C=O) groups excluding carboxylic acids is 2. The third-order valence-electron chi connectivity index (χ3n) is 6.50. The number of rotatable bonds is 6. The van der Waals surface area contributed by atoms with Crippen molar-refractivity contribution in [3.63, 3.8) is 0 Å². The number of alkyl halides is 3. The molecule has 10 heteroatoms. The van der Waals surface area contributed by atoms with Gasteiger partial charge in [-0.15, -0.1) is 0 Å². The molecule has 2 unspecified atom stereocenters. The highest BCUT2D eigenvalue weighted by atomic mass is 19.4. The molecule has 0 aliphatic carbocycles. The zero-order valence-corrected chi connectivity index (χ0v) is 22.7. The molecule has 2 amide bonds. The second kappa shape index (κ2) is 11.2. The SMILES string of the molecule is CN(C(=O)C(C)(C)COc1ncccc1C(F)(F)F)C1CCN(C(=O)OC(C)(C)C)CC1c1ccccc1. The number of carbonyl (C=O) groups is 2. The number of piperidine rings is 1. The van der Waals surface area contributed by atoms with E-state index in [4.69, 9.17) is 9.47 Å². The number of likely N-dealkylation sites (N-methyl/N-ethyl adjacent to an activating group) is 1. The van der Waals surface area contributed by atoms with Crippen LogP contribution in [0, 0.1) is 5.41 Å². The molecule has 0 bridgehead atoms. The molecule has 1 aliphatic heterocycles. The molecule has 1 aromatic heterocycles. The summed E-state index contributed by atoms with van der Waals surface area (Å²) in [5.41, 5.74) is -1.79. The first-order valence-electron chi connectivity index (χ1n) is 12.6. The van der Waals surface area contributed by atoms with Crippen molar-refractivity contribution in [3.05, 3.63) is 59.8 Å². The number of ether oxygens (including phenoxy) is 2. The Balaban J connectivity index is 1.78. The number of pyridine rings is 1. The maximum absolute atomic E-state index is 13.6. The van der Waals surface area contributed by atoms with E-state index in [1.165, 1.54) is 12.3 Å². The van der Waals surface area contributed by atoms with Gasteiger partial charge in [0, 0.05) is 38.3 Å². The van der Waals surface area contributed by atoms with Crippen LogP contribution < -0.4 is 4.74 Å². The Hall–Kier alpha value is -3.30. The minimum absolute atomic E-state index is 0.184. The van der Waals surface area contributed by atoms with Gasteiger partial charge in [0.2, 0.25) is 11.8 Å². The van der Waals surface area contributed by atoms with E-state index in [-0.39, 0.29) is 24.5 Å². The van der Waals surface area contributed by atoms with E-state index < -0.39 is 34.7 Å². The number of aromatic nitrogens is 1. The Morgan fingerprint density at radius 2 is 1.71 bits per heavy atom. The summed E-state index contributed by atoms with van der Waals surface area (Å²) in [4.78, 5) is 33.5. The van der Waals surface area contributed by atoms with Crippen LogP contribution in [0.1, 0.15) is 58.1 Å². The van der Waals surface area contributed by atoms with Gasteiger partial charge in [-0.2, -0.15) is 13.2 Å². The topological polar surface area (TPSA) is 72.0 Å². The lowest BCUT2D eigenvalue weighted by molar-refractivity contribution is -0.144. The smallest absolute Gasteiger partial charge is 0.421 e. The van der Waals surface area contributed by atoms with Gasteiger partial charge in [0.15, 0.2) is 0 Å². The number of hydrogen-bond donors (Lipinski definition) is 0. The van der Waals surface area contributed by atoms with Crippen LogP contribution in [0.2, 0.25) is 0 Å². The fourth-order valence-corrected chi connectivity index (χ4v) is 4.58. The van der Waals surface area contributed by atoms with Crippen LogP contribution in [0.3, 0.4) is 0 Å². The highest BCUT2D eigenvalue weighted by Crippen LogP contribution is 2.36. The lowest BCUT2D eigenvalue weighted by Crippen LogP contribution is -2.55. The van der Waals surface area contributed by atoms with Gasteiger partial charge in [-0.3, -0.25) is 4.79 Å². The highest BCUT2D eigenvalue weighted by Gasteiger charge is 2.42. The molecule has 3 rings (SSSR count). The van der Waals surface area contributed by atoms with Crippen LogP contribution in [0.15, 0.2) is 48.7 Å². The van der Waals surface area contributed by atoms with E-state index in [9.17, 15) is 22.8 Å². The number of nitrogens with zero attached hydrogens (tertiary/aromatic N) is 3. The van der Waals surface area contributed by atoms with Gasteiger partial charge in [-0.1, -0.05) is 30.3 Å². The van der Waals surface area contributed by atoms with E-state index >= 15 is 0 Å². The molecule has 7 nitrogen and oxygen atoms in total.